The van der Waals surface area contributed by atoms with Crippen LogP contribution >= 0.6 is 11.6 Å². The average molecular weight is 301 g/mol. The molecule has 0 saturated heterocycles. The molecule has 1 atom stereocenters. The van der Waals surface area contributed by atoms with Gasteiger partial charge < -0.3 is 9.52 Å². The minimum atomic E-state index is -1.20. The minimum Gasteiger partial charge on any atom is -0.458 e. The Morgan fingerprint density at radius 2 is 1.86 bits per heavy atom. The molecule has 0 bridgehead atoms. The van der Waals surface area contributed by atoms with Crippen molar-refractivity contribution in [1.29, 1.82) is 0 Å². The van der Waals surface area contributed by atoms with E-state index < -0.39 is 5.60 Å². The number of halogens is 1. The lowest BCUT2D eigenvalue weighted by molar-refractivity contribution is 0.0553. The van der Waals surface area contributed by atoms with E-state index in [0.29, 0.717) is 18.1 Å². The molecular formula is C18H17ClO2. The molecule has 3 rings (SSSR count). The molecule has 0 aliphatic heterocycles. The lowest BCUT2D eigenvalue weighted by Gasteiger charge is -2.25. The van der Waals surface area contributed by atoms with Crippen LogP contribution in [0.15, 0.2) is 59.0 Å². The maximum atomic E-state index is 11.1. The van der Waals surface area contributed by atoms with Gasteiger partial charge in [-0.2, -0.15) is 0 Å². The van der Waals surface area contributed by atoms with Crippen LogP contribution in [0.1, 0.15) is 23.3 Å². The predicted octanol–water partition coefficient (Wildman–Crippen LogP) is 4.61. The molecule has 1 N–H and O–H groups in total. The zero-order chi connectivity index (χ0) is 14.9. The fourth-order valence-electron chi connectivity index (χ4n) is 2.63. The molecule has 3 heteroatoms. The second-order valence-electron chi connectivity index (χ2n) is 5.32. The summed E-state index contributed by atoms with van der Waals surface area (Å²) < 4.78 is 5.89. The maximum absolute atomic E-state index is 11.1. The van der Waals surface area contributed by atoms with E-state index >= 15 is 0 Å². The smallest absolute Gasteiger partial charge is 0.148 e. The van der Waals surface area contributed by atoms with Crippen molar-refractivity contribution >= 4 is 22.6 Å². The zero-order valence-electron chi connectivity index (χ0n) is 11.8. The molecule has 1 heterocycles. The van der Waals surface area contributed by atoms with Gasteiger partial charge >= 0.3 is 0 Å². The summed E-state index contributed by atoms with van der Waals surface area (Å²) in [6.45, 7) is 2.04. The molecule has 1 aromatic heterocycles. The molecule has 0 aliphatic carbocycles. The SMILES string of the molecule is Cc1ccc2oc(C(O)(CCCl)c3ccccc3)cc2c1. The van der Waals surface area contributed by atoms with E-state index in [0.717, 1.165) is 22.1 Å². The van der Waals surface area contributed by atoms with E-state index in [4.69, 9.17) is 16.0 Å². The number of rotatable bonds is 4. The molecule has 2 aromatic carbocycles. The standard InChI is InChI=1S/C18H17ClO2/c1-13-7-8-16-14(11-13)12-17(21-16)18(20,9-10-19)15-5-3-2-4-6-15/h2-8,11-12,20H,9-10H2,1H3. The first-order chi connectivity index (χ1) is 10.1. The maximum Gasteiger partial charge on any atom is 0.148 e. The number of hydrogen-bond donors (Lipinski definition) is 1. The summed E-state index contributed by atoms with van der Waals surface area (Å²) in [6, 6.07) is 17.4. The normalized spacial score (nSPS) is 14.2. The molecule has 108 valence electrons. The number of benzene rings is 2. The molecule has 1 unspecified atom stereocenters. The molecule has 0 radical (unpaired) electrons. The van der Waals surface area contributed by atoms with Gasteiger partial charge in [0.1, 0.15) is 16.9 Å². The van der Waals surface area contributed by atoms with Crippen LogP contribution in [0.2, 0.25) is 0 Å². The van der Waals surface area contributed by atoms with Gasteiger partial charge in [-0.05, 0) is 30.7 Å². The van der Waals surface area contributed by atoms with Gasteiger partial charge in [0.15, 0.2) is 0 Å². The van der Waals surface area contributed by atoms with E-state index in [1.54, 1.807) is 0 Å². The Bertz CT molecular complexity index is 748. The highest BCUT2D eigenvalue weighted by Gasteiger charge is 2.34. The first-order valence-electron chi connectivity index (χ1n) is 6.98. The number of alkyl halides is 1. The van der Waals surface area contributed by atoms with Crippen LogP contribution in [0.4, 0.5) is 0 Å². The third-order valence-corrected chi connectivity index (χ3v) is 3.98. The fourth-order valence-corrected chi connectivity index (χ4v) is 2.90. The van der Waals surface area contributed by atoms with Crippen LogP contribution in [-0.4, -0.2) is 11.0 Å². The molecule has 21 heavy (non-hydrogen) atoms. The summed E-state index contributed by atoms with van der Waals surface area (Å²) in [7, 11) is 0. The largest absolute Gasteiger partial charge is 0.458 e. The van der Waals surface area contributed by atoms with E-state index in [1.165, 1.54) is 0 Å². The third kappa shape index (κ3) is 2.57. The van der Waals surface area contributed by atoms with E-state index in [2.05, 4.69) is 6.07 Å². The topological polar surface area (TPSA) is 33.4 Å². The van der Waals surface area contributed by atoms with Gasteiger partial charge in [-0.3, -0.25) is 0 Å². The van der Waals surface area contributed by atoms with Gasteiger partial charge in [-0.25, -0.2) is 0 Å². The first kappa shape index (κ1) is 14.2. The van der Waals surface area contributed by atoms with Gasteiger partial charge in [-0.1, -0.05) is 42.0 Å². The highest BCUT2D eigenvalue weighted by Crippen LogP contribution is 2.36. The Morgan fingerprint density at radius 3 is 2.57 bits per heavy atom. The van der Waals surface area contributed by atoms with Crippen molar-refractivity contribution < 1.29 is 9.52 Å². The molecule has 0 saturated carbocycles. The second kappa shape index (κ2) is 5.55. The monoisotopic (exact) mass is 300 g/mol. The Labute approximate surface area is 129 Å². The summed E-state index contributed by atoms with van der Waals surface area (Å²) >= 11 is 5.91. The van der Waals surface area contributed by atoms with E-state index in [-0.39, 0.29) is 0 Å². The Morgan fingerprint density at radius 1 is 1.10 bits per heavy atom. The number of furan rings is 1. The second-order valence-corrected chi connectivity index (χ2v) is 5.70. The van der Waals surface area contributed by atoms with Gasteiger partial charge in [0.25, 0.3) is 0 Å². The highest BCUT2D eigenvalue weighted by molar-refractivity contribution is 6.17. The summed E-state index contributed by atoms with van der Waals surface area (Å²) in [5.41, 5.74) is 1.53. The molecule has 0 fully saturated rings. The number of hydrogen-bond acceptors (Lipinski definition) is 2. The first-order valence-corrected chi connectivity index (χ1v) is 7.51. The summed E-state index contributed by atoms with van der Waals surface area (Å²) in [6.07, 6.45) is 0.400. The van der Waals surface area contributed by atoms with Gasteiger partial charge in [0.2, 0.25) is 0 Å². The predicted molar refractivity (Wildman–Crippen MR) is 85.7 cm³/mol. The molecule has 0 spiro atoms. The quantitative estimate of drug-likeness (QED) is 0.714. The van der Waals surface area contributed by atoms with E-state index in [9.17, 15) is 5.11 Å². The number of aliphatic hydroxyl groups is 1. The van der Waals surface area contributed by atoms with E-state index in [1.807, 2.05) is 55.5 Å². The van der Waals surface area contributed by atoms with Crippen LogP contribution < -0.4 is 0 Å². The Hall–Kier alpha value is -1.77. The minimum absolute atomic E-state index is 0.349. The summed E-state index contributed by atoms with van der Waals surface area (Å²) in [5, 5.41) is 12.1. The van der Waals surface area contributed by atoms with Crippen LogP contribution in [0.5, 0.6) is 0 Å². The zero-order valence-corrected chi connectivity index (χ0v) is 12.6. The third-order valence-electron chi connectivity index (χ3n) is 3.79. The molecule has 3 aromatic rings. The van der Waals surface area contributed by atoms with Crippen molar-refractivity contribution in [2.45, 2.75) is 18.9 Å². The van der Waals surface area contributed by atoms with Crippen molar-refractivity contribution in [3.05, 3.63) is 71.5 Å². The number of fused-ring (bicyclic) bond motifs is 1. The molecule has 0 aliphatic rings. The fraction of sp³-hybridized carbons (Fsp3) is 0.222. The van der Waals surface area contributed by atoms with Crippen LogP contribution in [0, 0.1) is 6.92 Å². The highest BCUT2D eigenvalue weighted by atomic mass is 35.5. The lowest BCUT2D eigenvalue weighted by atomic mass is 9.88. The average Bonchev–Trinajstić information content (AvgIpc) is 2.92. The summed E-state index contributed by atoms with van der Waals surface area (Å²) in [4.78, 5) is 0. The Kier molecular flexibility index (Phi) is 3.75. The van der Waals surface area contributed by atoms with Crippen LogP contribution in [-0.2, 0) is 5.60 Å². The van der Waals surface area contributed by atoms with Crippen molar-refractivity contribution in [2.75, 3.05) is 5.88 Å². The number of aryl methyl sites for hydroxylation is 1. The molecular weight excluding hydrogens is 284 g/mol. The van der Waals surface area contributed by atoms with Crippen LogP contribution in [0.3, 0.4) is 0 Å². The van der Waals surface area contributed by atoms with Crippen LogP contribution in [0.25, 0.3) is 11.0 Å². The summed E-state index contributed by atoms with van der Waals surface area (Å²) in [5.74, 6) is 0.886. The van der Waals surface area contributed by atoms with Crippen molar-refractivity contribution in [2.24, 2.45) is 0 Å². The lowest BCUT2D eigenvalue weighted by Crippen LogP contribution is -2.27. The van der Waals surface area contributed by atoms with Gasteiger partial charge in [-0.15, -0.1) is 11.6 Å². The van der Waals surface area contributed by atoms with Gasteiger partial charge in [0.05, 0.1) is 0 Å². The van der Waals surface area contributed by atoms with Crippen molar-refractivity contribution in [3.8, 4) is 0 Å². The van der Waals surface area contributed by atoms with Crippen molar-refractivity contribution in [3.63, 3.8) is 0 Å². The van der Waals surface area contributed by atoms with Crippen molar-refractivity contribution in [1.82, 2.24) is 0 Å². The molecule has 2 nitrogen and oxygen atoms in total. The Balaban J connectivity index is 2.15. The molecule has 0 amide bonds. The van der Waals surface area contributed by atoms with Gasteiger partial charge in [0, 0.05) is 17.7 Å².